The molecular formula is C15H22ClFN2O. The van der Waals surface area contributed by atoms with E-state index in [-0.39, 0.29) is 11.9 Å². The molecule has 1 aliphatic heterocycles. The molecule has 0 aliphatic carbocycles. The average molecular weight is 301 g/mol. The first-order chi connectivity index (χ1) is 9.47. The first-order valence-electron chi connectivity index (χ1n) is 6.98. The molecule has 0 radical (unpaired) electrons. The fourth-order valence-corrected chi connectivity index (χ4v) is 2.98. The Morgan fingerprint density at radius 1 is 1.40 bits per heavy atom. The molecule has 2 atom stereocenters. The number of hydrogen-bond donors (Lipinski definition) is 1. The first kappa shape index (κ1) is 15.7. The van der Waals surface area contributed by atoms with Gasteiger partial charge in [-0.2, -0.15) is 0 Å². The molecule has 1 N–H and O–H groups in total. The maximum atomic E-state index is 13.3. The Bertz CT molecular complexity index is 457. The fraction of sp³-hybridized carbons (Fsp3) is 0.600. The summed E-state index contributed by atoms with van der Waals surface area (Å²) in [5, 5.41) is 11.0. The van der Waals surface area contributed by atoms with Crippen LogP contribution in [0.4, 0.5) is 4.39 Å². The Labute approximate surface area is 124 Å². The van der Waals surface area contributed by atoms with Gasteiger partial charge in [0.25, 0.3) is 0 Å². The lowest BCUT2D eigenvalue weighted by atomic mass is 10.0. The highest BCUT2D eigenvalue weighted by molar-refractivity contribution is 6.31. The van der Waals surface area contributed by atoms with E-state index in [0.717, 1.165) is 26.1 Å². The number of hydrogen-bond acceptors (Lipinski definition) is 3. The molecule has 1 aromatic rings. The van der Waals surface area contributed by atoms with E-state index in [1.807, 2.05) is 7.05 Å². The van der Waals surface area contributed by atoms with Crippen LogP contribution < -0.4 is 0 Å². The Hall–Kier alpha value is -0.680. The van der Waals surface area contributed by atoms with E-state index in [1.54, 1.807) is 6.07 Å². The van der Waals surface area contributed by atoms with Crippen LogP contribution in [0.15, 0.2) is 18.2 Å². The van der Waals surface area contributed by atoms with Gasteiger partial charge in [0.05, 0.1) is 6.10 Å². The van der Waals surface area contributed by atoms with E-state index in [4.69, 9.17) is 11.6 Å². The van der Waals surface area contributed by atoms with Crippen LogP contribution in [-0.2, 0) is 6.42 Å². The minimum Gasteiger partial charge on any atom is -0.391 e. The van der Waals surface area contributed by atoms with Gasteiger partial charge in [-0.1, -0.05) is 11.6 Å². The molecule has 1 heterocycles. The van der Waals surface area contributed by atoms with Crippen LogP contribution in [0.1, 0.15) is 12.0 Å². The van der Waals surface area contributed by atoms with E-state index in [0.29, 0.717) is 17.0 Å². The van der Waals surface area contributed by atoms with Crippen molar-refractivity contribution in [2.75, 3.05) is 33.7 Å². The van der Waals surface area contributed by atoms with Crippen molar-refractivity contribution in [3.8, 4) is 0 Å². The number of aliphatic hydroxyl groups is 1. The van der Waals surface area contributed by atoms with E-state index < -0.39 is 6.10 Å². The number of halogens is 2. The van der Waals surface area contributed by atoms with Gasteiger partial charge >= 0.3 is 0 Å². The van der Waals surface area contributed by atoms with E-state index in [2.05, 4.69) is 16.8 Å². The van der Waals surface area contributed by atoms with Gasteiger partial charge in [0, 0.05) is 24.0 Å². The molecule has 20 heavy (non-hydrogen) atoms. The Balaban J connectivity index is 2.09. The monoisotopic (exact) mass is 300 g/mol. The van der Waals surface area contributed by atoms with Crippen molar-refractivity contribution in [3.63, 3.8) is 0 Å². The Morgan fingerprint density at radius 2 is 2.15 bits per heavy atom. The second-order valence-corrected chi connectivity index (χ2v) is 6.08. The summed E-state index contributed by atoms with van der Waals surface area (Å²) in [5.41, 5.74) is 0.666. The van der Waals surface area contributed by atoms with Crippen molar-refractivity contribution in [1.29, 1.82) is 0 Å². The predicted molar refractivity (Wildman–Crippen MR) is 79.7 cm³/mol. The summed E-state index contributed by atoms with van der Waals surface area (Å²) >= 11 is 6.07. The van der Waals surface area contributed by atoms with Crippen LogP contribution in [0.5, 0.6) is 0 Å². The maximum Gasteiger partial charge on any atom is 0.123 e. The molecule has 112 valence electrons. The molecule has 1 aromatic carbocycles. The molecule has 0 amide bonds. The highest BCUT2D eigenvalue weighted by atomic mass is 35.5. The third kappa shape index (κ3) is 3.92. The molecule has 0 aromatic heterocycles. The zero-order valence-corrected chi connectivity index (χ0v) is 12.8. The fourth-order valence-electron chi connectivity index (χ4n) is 2.78. The summed E-state index contributed by atoms with van der Waals surface area (Å²) in [6.45, 7) is 2.81. The maximum absolute atomic E-state index is 13.3. The van der Waals surface area contributed by atoms with E-state index >= 15 is 0 Å². The number of benzene rings is 1. The third-order valence-corrected chi connectivity index (χ3v) is 4.37. The molecule has 1 aliphatic rings. The number of nitrogens with zero attached hydrogens (tertiary/aromatic N) is 2. The lowest BCUT2D eigenvalue weighted by molar-refractivity contribution is 0.0581. The van der Waals surface area contributed by atoms with Crippen LogP contribution in [0.2, 0.25) is 5.02 Å². The van der Waals surface area contributed by atoms with Crippen LogP contribution in [0.3, 0.4) is 0 Å². The Kier molecular flexibility index (Phi) is 5.38. The molecule has 1 saturated heterocycles. The van der Waals surface area contributed by atoms with Crippen molar-refractivity contribution in [1.82, 2.24) is 9.80 Å². The lowest BCUT2D eigenvalue weighted by Gasteiger charge is -2.31. The van der Waals surface area contributed by atoms with Gasteiger partial charge in [-0.3, -0.25) is 4.90 Å². The quantitative estimate of drug-likeness (QED) is 0.925. The summed E-state index contributed by atoms with van der Waals surface area (Å²) in [7, 11) is 4.09. The molecule has 1 fully saturated rings. The SMILES string of the molecule is CN1CCCN(C)C(C(O)Cc2cc(F)ccc2Cl)C1. The van der Waals surface area contributed by atoms with Gasteiger partial charge in [0.15, 0.2) is 0 Å². The number of rotatable bonds is 3. The molecule has 2 unspecified atom stereocenters. The van der Waals surface area contributed by atoms with Crippen molar-refractivity contribution in [3.05, 3.63) is 34.6 Å². The van der Waals surface area contributed by atoms with Gasteiger partial charge in [0.1, 0.15) is 5.82 Å². The van der Waals surface area contributed by atoms with Crippen LogP contribution in [-0.4, -0.2) is 60.8 Å². The first-order valence-corrected chi connectivity index (χ1v) is 7.36. The van der Waals surface area contributed by atoms with Crippen molar-refractivity contribution in [2.24, 2.45) is 0 Å². The highest BCUT2D eigenvalue weighted by Gasteiger charge is 2.27. The summed E-state index contributed by atoms with van der Waals surface area (Å²) in [6, 6.07) is 4.33. The lowest BCUT2D eigenvalue weighted by Crippen LogP contribution is -2.47. The van der Waals surface area contributed by atoms with E-state index in [1.165, 1.54) is 12.1 Å². The smallest absolute Gasteiger partial charge is 0.123 e. The van der Waals surface area contributed by atoms with Crippen molar-refractivity contribution in [2.45, 2.75) is 25.0 Å². The summed E-state index contributed by atoms with van der Waals surface area (Å²) in [6.07, 6.45) is 0.913. The highest BCUT2D eigenvalue weighted by Crippen LogP contribution is 2.21. The van der Waals surface area contributed by atoms with Gasteiger partial charge < -0.3 is 10.0 Å². The minimum absolute atomic E-state index is 0.0434. The van der Waals surface area contributed by atoms with Gasteiger partial charge in [-0.25, -0.2) is 4.39 Å². The molecular weight excluding hydrogens is 279 g/mol. The molecule has 0 saturated carbocycles. The van der Waals surface area contributed by atoms with Gasteiger partial charge in [0.2, 0.25) is 0 Å². The van der Waals surface area contributed by atoms with Crippen LogP contribution in [0, 0.1) is 5.82 Å². The molecule has 0 bridgehead atoms. The second-order valence-electron chi connectivity index (χ2n) is 5.67. The zero-order chi connectivity index (χ0) is 14.7. The summed E-state index contributed by atoms with van der Waals surface area (Å²) < 4.78 is 13.3. The third-order valence-electron chi connectivity index (χ3n) is 4.00. The molecule has 2 rings (SSSR count). The van der Waals surface area contributed by atoms with Gasteiger partial charge in [-0.05, 0) is 57.4 Å². The van der Waals surface area contributed by atoms with Gasteiger partial charge in [-0.15, -0.1) is 0 Å². The van der Waals surface area contributed by atoms with E-state index in [9.17, 15) is 9.50 Å². The number of likely N-dealkylation sites (N-methyl/N-ethyl adjacent to an activating group) is 2. The predicted octanol–water partition coefficient (Wildman–Crippen LogP) is 2.02. The standard InChI is InChI=1S/C15H22ClFN2O/c1-18-6-3-7-19(2)14(10-18)15(20)9-11-8-12(17)4-5-13(11)16/h4-5,8,14-15,20H,3,6-7,9-10H2,1-2H3. The topological polar surface area (TPSA) is 26.7 Å². The number of aliphatic hydroxyl groups excluding tert-OH is 1. The van der Waals surface area contributed by atoms with Crippen LogP contribution in [0.25, 0.3) is 0 Å². The summed E-state index contributed by atoms with van der Waals surface area (Å²) in [5.74, 6) is -0.317. The summed E-state index contributed by atoms with van der Waals surface area (Å²) in [4.78, 5) is 4.41. The van der Waals surface area contributed by atoms with Crippen LogP contribution >= 0.6 is 11.6 Å². The molecule has 3 nitrogen and oxygen atoms in total. The largest absolute Gasteiger partial charge is 0.391 e. The molecule has 5 heteroatoms. The minimum atomic E-state index is -0.556. The average Bonchev–Trinajstić information content (AvgIpc) is 2.55. The zero-order valence-electron chi connectivity index (χ0n) is 12.0. The van der Waals surface area contributed by atoms with Crippen molar-refractivity contribution >= 4 is 11.6 Å². The second kappa shape index (κ2) is 6.85. The Morgan fingerprint density at radius 3 is 2.90 bits per heavy atom. The van der Waals surface area contributed by atoms with Crippen molar-refractivity contribution < 1.29 is 9.50 Å². The molecule has 0 spiro atoms. The normalized spacial score (nSPS) is 23.6.